The molecule has 2 unspecified atom stereocenters. The molecule has 0 amide bonds. The summed E-state index contributed by atoms with van der Waals surface area (Å²) in [5.74, 6) is 3.01. The number of aryl methyl sites for hydroxylation is 1. The van der Waals surface area contributed by atoms with Crippen LogP contribution in [0.25, 0.3) is 0 Å². The molecule has 2 aromatic carbocycles. The molecule has 0 radical (unpaired) electrons. The molecule has 0 spiro atoms. The number of carbonyl (C=O) groups is 1. The Morgan fingerprint density at radius 3 is 2.26 bits per heavy atom. The summed E-state index contributed by atoms with van der Waals surface area (Å²) in [6.07, 6.45) is 14.7. The van der Waals surface area contributed by atoms with Crippen molar-refractivity contribution in [3.8, 4) is 11.5 Å². The Morgan fingerprint density at radius 1 is 0.943 bits per heavy atom. The summed E-state index contributed by atoms with van der Waals surface area (Å²) in [4.78, 5) is 12.1. The van der Waals surface area contributed by atoms with Gasteiger partial charge < -0.3 is 9.53 Å². The lowest BCUT2D eigenvalue weighted by Gasteiger charge is -2.27. The standard InChI is InChI=1S/C33H44O2/c1-6-12-26(3)24-27(4)14-11-15-30(13-7-2)31(25-28(5)34)21-18-29-19-22-33(23-20-29)35-32-16-9-8-10-17-32/h6,8-10,12,16-17,19-20,22-24,30-31H,4,7,11,13-15,18,21,25H2,1-3,5H3. The number of hydrogen-bond donors (Lipinski definition) is 0. The molecule has 35 heavy (non-hydrogen) atoms. The van der Waals surface area contributed by atoms with Crippen molar-refractivity contribution in [1.29, 1.82) is 0 Å². The van der Waals surface area contributed by atoms with Crippen molar-refractivity contribution in [3.63, 3.8) is 0 Å². The summed E-state index contributed by atoms with van der Waals surface area (Å²) in [6, 6.07) is 18.3. The van der Waals surface area contributed by atoms with E-state index in [1.54, 1.807) is 6.92 Å². The summed E-state index contributed by atoms with van der Waals surface area (Å²) >= 11 is 0. The Morgan fingerprint density at radius 2 is 1.63 bits per heavy atom. The van der Waals surface area contributed by atoms with Gasteiger partial charge in [-0.3, -0.25) is 0 Å². The highest BCUT2D eigenvalue weighted by molar-refractivity contribution is 5.75. The van der Waals surface area contributed by atoms with Crippen LogP contribution >= 0.6 is 0 Å². The molecule has 0 fully saturated rings. The molecule has 2 nitrogen and oxygen atoms in total. The first kappa shape index (κ1) is 28.4. The number of ether oxygens (including phenoxy) is 1. The normalized spacial score (nSPS) is 13.5. The largest absolute Gasteiger partial charge is 0.457 e. The third-order valence-electron chi connectivity index (χ3n) is 6.52. The van der Waals surface area contributed by atoms with Crippen molar-refractivity contribution in [2.75, 3.05) is 0 Å². The fourth-order valence-electron chi connectivity index (χ4n) is 4.86. The molecule has 2 heteroatoms. The van der Waals surface area contributed by atoms with Crippen LogP contribution in [0.15, 0.2) is 90.6 Å². The SMILES string of the molecule is C=C(C=C(C)C=CC)CCCC(CCC)C(CCc1ccc(Oc2ccccc2)cc1)CC(C)=O. The van der Waals surface area contributed by atoms with Gasteiger partial charge in [0.2, 0.25) is 0 Å². The number of carbonyl (C=O) groups excluding carboxylic acids is 1. The zero-order valence-corrected chi connectivity index (χ0v) is 22.3. The topological polar surface area (TPSA) is 26.3 Å². The summed E-state index contributed by atoms with van der Waals surface area (Å²) in [5, 5.41) is 0. The van der Waals surface area contributed by atoms with Gasteiger partial charge in [-0.15, -0.1) is 0 Å². The number of hydrogen-bond acceptors (Lipinski definition) is 2. The number of allylic oxidation sites excluding steroid dienone is 5. The molecule has 188 valence electrons. The molecule has 0 heterocycles. The zero-order chi connectivity index (χ0) is 25.5. The van der Waals surface area contributed by atoms with Crippen LogP contribution < -0.4 is 4.74 Å². The number of ketones is 1. The summed E-state index contributed by atoms with van der Waals surface area (Å²) in [6.45, 7) is 12.4. The van der Waals surface area contributed by atoms with E-state index in [1.165, 1.54) is 23.1 Å². The Labute approximate surface area is 213 Å². The monoisotopic (exact) mass is 472 g/mol. The van der Waals surface area contributed by atoms with Gasteiger partial charge in [0.1, 0.15) is 17.3 Å². The lowest BCUT2D eigenvalue weighted by molar-refractivity contribution is -0.118. The molecular formula is C33H44O2. The van der Waals surface area contributed by atoms with E-state index in [1.807, 2.05) is 49.4 Å². The fourth-order valence-corrected chi connectivity index (χ4v) is 4.86. The predicted octanol–water partition coefficient (Wildman–Crippen LogP) is 9.67. The molecular weight excluding hydrogens is 428 g/mol. The lowest BCUT2D eigenvalue weighted by atomic mass is 9.78. The minimum Gasteiger partial charge on any atom is -0.457 e. The second kappa shape index (κ2) is 15.9. The van der Waals surface area contributed by atoms with E-state index in [2.05, 4.69) is 50.8 Å². The van der Waals surface area contributed by atoms with Crippen LogP contribution in [0.3, 0.4) is 0 Å². The highest BCUT2D eigenvalue weighted by Crippen LogP contribution is 2.32. The Hall–Kier alpha value is -2.87. The highest BCUT2D eigenvalue weighted by atomic mass is 16.5. The molecule has 0 bridgehead atoms. The van der Waals surface area contributed by atoms with Crippen LogP contribution in [0.5, 0.6) is 11.5 Å². The minimum atomic E-state index is 0.303. The van der Waals surface area contributed by atoms with Crippen molar-refractivity contribution in [2.45, 2.75) is 79.1 Å². The average Bonchev–Trinajstić information content (AvgIpc) is 2.83. The van der Waals surface area contributed by atoms with Gasteiger partial charge in [0, 0.05) is 6.42 Å². The molecule has 2 aromatic rings. The maximum absolute atomic E-state index is 12.1. The van der Waals surface area contributed by atoms with Gasteiger partial charge in [-0.1, -0.05) is 86.1 Å². The first-order valence-electron chi connectivity index (χ1n) is 13.2. The van der Waals surface area contributed by atoms with Crippen molar-refractivity contribution < 1.29 is 9.53 Å². The molecule has 2 atom stereocenters. The molecule has 0 aliphatic heterocycles. The van der Waals surface area contributed by atoms with Crippen LogP contribution in [-0.4, -0.2) is 5.78 Å². The van der Waals surface area contributed by atoms with Crippen LogP contribution in [-0.2, 0) is 11.2 Å². The highest BCUT2D eigenvalue weighted by Gasteiger charge is 2.22. The minimum absolute atomic E-state index is 0.303. The van der Waals surface area contributed by atoms with Crippen molar-refractivity contribution in [1.82, 2.24) is 0 Å². The first-order chi connectivity index (χ1) is 16.9. The third kappa shape index (κ3) is 11.4. The van der Waals surface area contributed by atoms with E-state index in [0.29, 0.717) is 24.0 Å². The van der Waals surface area contributed by atoms with E-state index in [0.717, 1.165) is 50.0 Å². The Bertz CT molecular complexity index is 950. The van der Waals surface area contributed by atoms with Crippen LogP contribution in [0.1, 0.15) is 78.2 Å². The third-order valence-corrected chi connectivity index (χ3v) is 6.52. The summed E-state index contributed by atoms with van der Waals surface area (Å²) in [5.41, 5.74) is 3.74. The maximum Gasteiger partial charge on any atom is 0.130 e. The van der Waals surface area contributed by atoms with Crippen molar-refractivity contribution in [3.05, 3.63) is 96.1 Å². The van der Waals surface area contributed by atoms with Gasteiger partial charge in [0.25, 0.3) is 0 Å². The maximum atomic E-state index is 12.1. The molecule has 0 saturated carbocycles. The average molecular weight is 473 g/mol. The van der Waals surface area contributed by atoms with E-state index in [9.17, 15) is 4.79 Å². The number of rotatable bonds is 16. The van der Waals surface area contributed by atoms with Crippen LogP contribution in [0.2, 0.25) is 0 Å². The van der Waals surface area contributed by atoms with Gasteiger partial charge in [0.05, 0.1) is 0 Å². The van der Waals surface area contributed by atoms with Gasteiger partial charge in [-0.25, -0.2) is 0 Å². The zero-order valence-electron chi connectivity index (χ0n) is 22.3. The van der Waals surface area contributed by atoms with Crippen molar-refractivity contribution >= 4 is 5.78 Å². The van der Waals surface area contributed by atoms with Crippen LogP contribution in [0.4, 0.5) is 0 Å². The van der Waals surface area contributed by atoms with Gasteiger partial charge in [0.15, 0.2) is 0 Å². The van der Waals surface area contributed by atoms with Crippen molar-refractivity contribution in [2.24, 2.45) is 11.8 Å². The summed E-state index contributed by atoms with van der Waals surface area (Å²) < 4.78 is 5.92. The van der Waals surface area contributed by atoms with Gasteiger partial charge in [-0.2, -0.15) is 0 Å². The Kier molecular flexibility index (Phi) is 12.9. The number of benzene rings is 2. The molecule has 2 rings (SSSR count). The molecule has 0 aliphatic carbocycles. The Balaban J connectivity index is 1.95. The first-order valence-corrected chi connectivity index (χ1v) is 13.2. The molecule has 0 aromatic heterocycles. The van der Waals surface area contributed by atoms with E-state index < -0.39 is 0 Å². The second-order valence-electron chi connectivity index (χ2n) is 9.75. The molecule has 0 aliphatic rings. The number of para-hydroxylation sites is 1. The predicted molar refractivity (Wildman–Crippen MR) is 150 cm³/mol. The fraction of sp³-hybridized carbons (Fsp3) is 0.424. The van der Waals surface area contributed by atoms with Gasteiger partial charge in [-0.05, 0) is 94.5 Å². The smallest absolute Gasteiger partial charge is 0.130 e. The second-order valence-corrected chi connectivity index (χ2v) is 9.75. The quantitative estimate of drug-likeness (QED) is 0.227. The molecule has 0 N–H and O–H groups in total. The summed E-state index contributed by atoms with van der Waals surface area (Å²) in [7, 11) is 0. The number of Topliss-reactive ketones (excluding diaryl/α,β-unsaturated/α-hetero) is 1. The molecule has 0 saturated heterocycles. The van der Waals surface area contributed by atoms with Gasteiger partial charge >= 0.3 is 0 Å². The van der Waals surface area contributed by atoms with E-state index in [-0.39, 0.29) is 0 Å². The van der Waals surface area contributed by atoms with E-state index in [4.69, 9.17) is 4.74 Å². The van der Waals surface area contributed by atoms with Crippen LogP contribution in [0, 0.1) is 11.8 Å². The van der Waals surface area contributed by atoms with E-state index >= 15 is 0 Å². The lowest BCUT2D eigenvalue weighted by Crippen LogP contribution is -2.19.